The largest absolute Gasteiger partial charge is 0.494 e. The lowest BCUT2D eigenvalue weighted by Crippen LogP contribution is -2.41. The number of halogens is 1. The Morgan fingerprint density at radius 1 is 0.927 bits per heavy atom. The summed E-state index contributed by atoms with van der Waals surface area (Å²) in [7, 11) is -4.02. The van der Waals surface area contributed by atoms with E-state index >= 15 is 0 Å². The number of sulfone groups is 1. The predicted molar refractivity (Wildman–Crippen MR) is 177 cm³/mol. The smallest absolute Gasteiger partial charge is 0.399 e. The van der Waals surface area contributed by atoms with Gasteiger partial charge < -0.3 is 18.6 Å². The third kappa shape index (κ3) is 8.14. The van der Waals surface area contributed by atoms with Crippen LogP contribution < -0.4 is 5.46 Å². The van der Waals surface area contributed by atoms with Crippen molar-refractivity contribution in [1.82, 2.24) is 0 Å². The van der Waals surface area contributed by atoms with E-state index in [-0.39, 0.29) is 6.45 Å². The molecule has 2 unspecified atom stereocenters. The van der Waals surface area contributed by atoms with Crippen LogP contribution in [-0.4, -0.2) is 43.7 Å². The van der Waals surface area contributed by atoms with Crippen molar-refractivity contribution in [3.63, 3.8) is 0 Å². The zero-order valence-electron chi connectivity index (χ0n) is 25.1. The van der Waals surface area contributed by atoms with Gasteiger partial charge in [0.1, 0.15) is 0 Å². The predicted octanol–water partition coefficient (Wildman–Crippen LogP) is 7.57. The Morgan fingerprint density at radius 2 is 1.54 bits per heavy atom. The first kappa shape index (κ1) is 33.4. The summed E-state index contributed by atoms with van der Waals surface area (Å²) in [6, 6.07) is 17.3. The van der Waals surface area contributed by atoms with Crippen LogP contribution in [0.5, 0.6) is 0 Å². The summed E-state index contributed by atoms with van der Waals surface area (Å²) in [5.41, 5.74) is 0.679. The summed E-state index contributed by atoms with van der Waals surface area (Å²) in [6.45, 7) is 11.9. The zero-order valence-corrected chi connectivity index (χ0v) is 29.1. The molecule has 0 spiro atoms. The van der Waals surface area contributed by atoms with Crippen LogP contribution in [0.2, 0.25) is 0 Å². The summed E-state index contributed by atoms with van der Waals surface area (Å²) in [6.07, 6.45) is 6.94. The number of benzene rings is 2. The highest BCUT2D eigenvalue weighted by molar-refractivity contribution is 14.2. The molecule has 0 aromatic heterocycles. The molecule has 1 aliphatic heterocycles. The van der Waals surface area contributed by atoms with E-state index in [1.165, 1.54) is 5.56 Å². The number of ether oxygens (including phenoxy) is 1. The van der Waals surface area contributed by atoms with Gasteiger partial charge in [-0.1, -0.05) is 61.7 Å². The van der Waals surface area contributed by atoms with Crippen molar-refractivity contribution in [3.8, 4) is 0 Å². The molecule has 1 heterocycles. The minimum Gasteiger partial charge on any atom is -0.399 e. The maximum Gasteiger partial charge on any atom is 0.494 e. The molecule has 41 heavy (non-hydrogen) atoms. The van der Waals surface area contributed by atoms with E-state index in [2.05, 4.69) is 41.1 Å². The molecule has 10 heteroatoms. The van der Waals surface area contributed by atoms with Gasteiger partial charge in [0, 0.05) is 6.61 Å². The van der Waals surface area contributed by atoms with Crippen LogP contribution in [0.25, 0.3) is 0 Å². The number of hydrogen-bond acceptors (Lipinski definition) is 6. The van der Waals surface area contributed by atoms with Crippen molar-refractivity contribution < 1.29 is 27.0 Å². The van der Waals surface area contributed by atoms with Gasteiger partial charge in [0.2, 0.25) is 0 Å². The molecule has 4 rings (SSSR count). The molecule has 2 aliphatic rings. The molecule has 1 saturated heterocycles. The van der Waals surface area contributed by atoms with Gasteiger partial charge in [-0.25, -0.2) is 8.42 Å². The SMILES string of the molecule is CC(CCCCCCOCc1ccccc1)(CC1(S(=O)(=O)c2ccc(B3OC(C)(C)C(C)(C)O3)cc2)CC1)OPI. The normalized spacial score (nSPS) is 20.9. The molecule has 6 nitrogen and oxygen atoms in total. The molecule has 2 atom stereocenters. The standard InChI is InChI=1S/C31H45BIO6PS/c1-28(2)29(3,4)38-32(37-28)26-15-17-27(18-16-26)41(34,35)31(20-21-31)24-30(5,39-40-33)19-11-6-7-12-22-36-23-25-13-9-8-10-14-25/h8-10,13-18,40H,6-7,11-12,19-24H2,1-5H3. The first-order chi connectivity index (χ1) is 19.3. The molecule has 0 amide bonds. The van der Waals surface area contributed by atoms with Crippen LogP contribution in [0, 0.1) is 0 Å². The first-order valence-electron chi connectivity index (χ1n) is 14.7. The van der Waals surface area contributed by atoms with Crippen molar-refractivity contribution in [2.45, 2.75) is 119 Å². The summed E-state index contributed by atoms with van der Waals surface area (Å²) in [5.74, 6) is 0. The van der Waals surface area contributed by atoms with Gasteiger partial charge in [-0.2, -0.15) is 0 Å². The average Bonchev–Trinajstić information content (AvgIpc) is 3.66. The lowest BCUT2D eigenvalue weighted by Gasteiger charge is -2.33. The van der Waals surface area contributed by atoms with Crippen molar-refractivity contribution in [2.24, 2.45) is 0 Å². The fraction of sp³-hybridized carbons (Fsp3) is 0.613. The Morgan fingerprint density at radius 3 is 2.12 bits per heavy atom. The minimum absolute atomic E-state index is 0.290. The van der Waals surface area contributed by atoms with Crippen LogP contribution >= 0.6 is 28.5 Å². The Bertz CT molecular complexity index is 1220. The molecule has 0 bridgehead atoms. The van der Waals surface area contributed by atoms with Gasteiger partial charge in [-0.05, 0) is 112 Å². The van der Waals surface area contributed by atoms with Gasteiger partial charge in [-0.15, -0.1) is 0 Å². The third-order valence-corrected chi connectivity index (χ3v) is 12.7. The molecule has 2 aromatic rings. The van der Waals surface area contributed by atoms with E-state index < -0.39 is 38.5 Å². The van der Waals surface area contributed by atoms with Crippen LogP contribution in [-0.2, 0) is 35.0 Å². The Kier molecular flexibility index (Phi) is 11.1. The Hall–Kier alpha value is -0.545. The highest BCUT2D eigenvalue weighted by Gasteiger charge is 2.58. The molecule has 0 N–H and O–H groups in total. The second-order valence-electron chi connectivity index (χ2n) is 12.9. The van der Waals surface area contributed by atoms with Crippen molar-refractivity contribution in [2.75, 3.05) is 6.61 Å². The molecule has 2 fully saturated rings. The number of hydrogen-bond donors (Lipinski definition) is 0. The number of rotatable bonds is 16. The molecular weight excluding hydrogens is 669 g/mol. The highest BCUT2D eigenvalue weighted by Crippen LogP contribution is 2.54. The minimum atomic E-state index is -3.51. The van der Waals surface area contributed by atoms with Crippen LogP contribution in [0.1, 0.15) is 91.5 Å². The van der Waals surface area contributed by atoms with E-state index in [1.54, 1.807) is 12.1 Å². The lowest BCUT2D eigenvalue weighted by molar-refractivity contribution is 0.00578. The van der Waals surface area contributed by atoms with Crippen molar-refractivity contribution in [1.29, 1.82) is 0 Å². The highest BCUT2D eigenvalue weighted by atomic mass is 127. The summed E-state index contributed by atoms with van der Waals surface area (Å²) >= 11 is 2.25. The van der Waals surface area contributed by atoms with Crippen molar-refractivity contribution in [3.05, 3.63) is 60.2 Å². The van der Waals surface area contributed by atoms with E-state index in [0.717, 1.165) is 44.2 Å². The molecule has 1 aliphatic carbocycles. The summed E-state index contributed by atoms with van der Waals surface area (Å²) in [4.78, 5) is 0.366. The van der Waals surface area contributed by atoms with E-state index in [0.29, 0.717) is 30.8 Å². The molecular formula is C31H45BIO6PS. The summed E-state index contributed by atoms with van der Waals surface area (Å²) < 4.78 is 51.4. The Balaban J connectivity index is 1.29. The van der Waals surface area contributed by atoms with Crippen molar-refractivity contribution >= 4 is 50.9 Å². The molecule has 226 valence electrons. The van der Waals surface area contributed by atoms with E-state index in [1.807, 2.05) is 58.0 Å². The fourth-order valence-electron chi connectivity index (χ4n) is 5.48. The monoisotopic (exact) mass is 714 g/mol. The van der Waals surface area contributed by atoms with Gasteiger partial charge in [0.25, 0.3) is 0 Å². The Labute approximate surface area is 262 Å². The summed E-state index contributed by atoms with van der Waals surface area (Å²) in [5, 5.41) is 0. The average molecular weight is 714 g/mol. The van der Waals surface area contributed by atoms with Gasteiger partial charge in [0.15, 0.2) is 9.84 Å². The van der Waals surface area contributed by atoms with Gasteiger partial charge in [-0.3, -0.25) is 0 Å². The second-order valence-corrected chi connectivity index (χ2v) is 16.9. The second kappa shape index (κ2) is 13.6. The maximum atomic E-state index is 13.9. The van der Waals surface area contributed by atoms with Gasteiger partial charge in [0.05, 0.1) is 39.5 Å². The van der Waals surface area contributed by atoms with Crippen LogP contribution in [0.3, 0.4) is 0 Å². The molecule has 2 aromatic carbocycles. The van der Waals surface area contributed by atoms with E-state index in [9.17, 15) is 8.42 Å². The third-order valence-electron chi connectivity index (χ3n) is 8.93. The quantitative estimate of drug-likeness (QED) is 0.0774. The fourth-order valence-corrected chi connectivity index (χ4v) is 9.57. The van der Waals surface area contributed by atoms with Crippen LogP contribution in [0.15, 0.2) is 59.5 Å². The topological polar surface area (TPSA) is 71.1 Å². The molecule has 0 radical (unpaired) electrons. The maximum absolute atomic E-state index is 13.9. The van der Waals surface area contributed by atoms with E-state index in [4.69, 9.17) is 18.6 Å². The van der Waals surface area contributed by atoms with Crippen LogP contribution in [0.4, 0.5) is 0 Å². The first-order valence-corrected chi connectivity index (χ1v) is 20.2. The lowest BCUT2D eigenvalue weighted by atomic mass is 9.79. The number of unbranched alkanes of at least 4 members (excludes halogenated alkanes) is 3. The zero-order chi connectivity index (χ0) is 29.8. The van der Waals surface area contributed by atoms with Gasteiger partial charge >= 0.3 is 7.12 Å². The molecule has 1 saturated carbocycles.